The van der Waals surface area contributed by atoms with Crippen LogP contribution in [0.4, 0.5) is 0 Å². The van der Waals surface area contributed by atoms with Crippen LogP contribution >= 0.6 is 0 Å². The molecule has 2 heterocycles. The Morgan fingerprint density at radius 1 is 1.09 bits per heavy atom. The Balaban J connectivity index is 1.58. The lowest BCUT2D eigenvalue weighted by Crippen LogP contribution is -2.26. The average molecular weight is 443 g/mol. The van der Waals surface area contributed by atoms with Crippen LogP contribution in [0.3, 0.4) is 0 Å². The van der Waals surface area contributed by atoms with E-state index in [0.29, 0.717) is 34.5 Å². The number of methoxy groups -OCH3 is 1. The van der Waals surface area contributed by atoms with Crippen LogP contribution in [-0.2, 0) is 6.54 Å². The number of nitrogens with one attached hydrogen (secondary N) is 1. The zero-order chi connectivity index (χ0) is 23.4. The Bertz CT molecular complexity index is 1330. The number of aromatic nitrogens is 3. The highest BCUT2D eigenvalue weighted by atomic mass is 16.5. The molecule has 2 aromatic carbocycles. The Hall–Kier alpha value is -4.00. The molecule has 1 amide bonds. The van der Waals surface area contributed by atoms with E-state index in [1.807, 2.05) is 44.2 Å². The third kappa shape index (κ3) is 4.62. The Labute approximate surface area is 192 Å². The molecule has 0 fully saturated rings. The zero-order valence-corrected chi connectivity index (χ0v) is 18.9. The summed E-state index contributed by atoms with van der Waals surface area (Å²) in [5, 5.41) is 3.00. The fourth-order valence-corrected chi connectivity index (χ4v) is 3.73. The van der Waals surface area contributed by atoms with Crippen LogP contribution in [-0.4, -0.2) is 27.6 Å². The number of aryl methyl sites for hydroxylation is 1. The van der Waals surface area contributed by atoms with Crippen molar-refractivity contribution < 1.29 is 9.53 Å². The van der Waals surface area contributed by atoms with Crippen LogP contribution in [0.2, 0.25) is 0 Å². The average Bonchev–Trinajstić information content (AvgIpc) is 2.85. The molecule has 0 saturated heterocycles. The summed E-state index contributed by atoms with van der Waals surface area (Å²) in [5.74, 6) is 0.577. The number of hydrogen-bond acceptors (Lipinski definition) is 5. The predicted molar refractivity (Wildman–Crippen MR) is 128 cm³/mol. The summed E-state index contributed by atoms with van der Waals surface area (Å²) >= 11 is 0. The third-order valence-electron chi connectivity index (χ3n) is 5.53. The van der Waals surface area contributed by atoms with Crippen molar-refractivity contribution in [3.63, 3.8) is 0 Å². The van der Waals surface area contributed by atoms with Crippen molar-refractivity contribution in [2.75, 3.05) is 7.11 Å². The maximum atomic E-state index is 13.1. The second kappa shape index (κ2) is 9.65. The molecule has 0 aliphatic carbocycles. The first-order valence-corrected chi connectivity index (χ1v) is 10.9. The summed E-state index contributed by atoms with van der Waals surface area (Å²) in [7, 11) is 1.62. The van der Waals surface area contributed by atoms with Gasteiger partial charge in [0.25, 0.3) is 11.5 Å². The van der Waals surface area contributed by atoms with Gasteiger partial charge in [0, 0.05) is 23.9 Å². The molecular weight excluding hydrogens is 416 g/mol. The first-order chi connectivity index (χ1) is 16.0. The molecule has 33 heavy (non-hydrogen) atoms. The standard InChI is InChI=1S/C26H26N4O3/c1-4-16-30-24-22(6-5-15-27-24)29-23(26(30)32)19-7-9-20(10-8-19)25(31)28-17(2)18-11-13-21(33-3)14-12-18/h5-15,17H,4,16H2,1-3H3,(H,28,31). The summed E-state index contributed by atoms with van der Waals surface area (Å²) in [6, 6.07) is 18.0. The van der Waals surface area contributed by atoms with Crippen LogP contribution in [0.5, 0.6) is 5.75 Å². The zero-order valence-electron chi connectivity index (χ0n) is 18.9. The molecule has 0 aliphatic heterocycles. The molecule has 7 heteroatoms. The van der Waals surface area contributed by atoms with Crippen LogP contribution in [0.15, 0.2) is 71.7 Å². The highest BCUT2D eigenvalue weighted by molar-refractivity contribution is 5.95. The minimum atomic E-state index is -0.191. The van der Waals surface area contributed by atoms with Crippen molar-refractivity contribution in [2.24, 2.45) is 0 Å². The van der Waals surface area contributed by atoms with E-state index in [2.05, 4.69) is 15.3 Å². The third-order valence-corrected chi connectivity index (χ3v) is 5.53. The van der Waals surface area contributed by atoms with Crippen molar-refractivity contribution in [3.05, 3.63) is 88.3 Å². The van der Waals surface area contributed by atoms with Gasteiger partial charge in [-0.2, -0.15) is 0 Å². The van der Waals surface area contributed by atoms with Crippen LogP contribution in [0.25, 0.3) is 22.4 Å². The van der Waals surface area contributed by atoms with Gasteiger partial charge in [0.15, 0.2) is 5.65 Å². The lowest BCUT2D eigenvalue weighted by molar-refractivity contribution is 0.0940. The van der Waals surface area contributed by atoms with E-state index in [-0.39, 0.29) is 17.5 Å². The van der Waals surface area contributed by atoms with Gasteiger partial charge in [-0.25, -0.2) is 9.97 Å². The SMILES string of the molecule is CCCn1c(=O)c(-c2ccc(C(=O)NC(C)c3ccc(OC)cc3)cc2)nc2cccnc21. The minimum Gasteiger partial charge on any atom is -0.497 e. The number of hydrogen-bond donors (Lipinski definition) is 1. The van der Waals surface area contributed by atoms with Gasteiger partial charge in [0.2, 0.25) is 0 Å². The van der Waals surface area contributed by atoms with Gasteiger partial charge in [-0.3, -0.25) is 14.2 Å². The summed E-state index contributed by atoms with van der Waals surface area (Å²) in [4.78, 5) is 34.8. The largest absolute Gasteiger partial charge is 0.497 e. The molecule has 1 unspecified atom stereocenters. The first-order valence-electron chi connectivity index (χ1n) is 10.9. The smallest absolute Gasteiger partial charge is 0.278 e. The Morgan fingerprint density at radius 2 is 1.82 bits per heavy atom. The number of pyridine rings is 1. The highest BCUT2D eigenvalue weighted by Crippen LogP contribution is 2.20. The van der Waals surface area contributed by atoms with Gasteiger partial charge < -0.3 is 10.1 Å². The van der Waals surface area contributed by atoms with Gasteiger partial charge in [-0.1, -0.05) is 31.2 Å². The minimum absolute atomic E-state index is 0.168. The van der Waals surface area contributed by atoms with Gasteiger partial charge in [-0.15, -0.1) is 0 Å². The molecule has 7 nitrogen and oxygen atoms in total. The number of fused-ring (bicyclic) bond motifs is 1. The summed E-state index contributed by atoms with van der Waals surface area (Å²) < 4.78 is 6.84. The molecule has 0 saturated carbocycles. The maximum absolute atomic E-state index is 13.1. The molecule has 168 valence electrons. The number of ether oxygens (including phenoxy) is 1. The van der Waals surface area contributed by atoms with Crippen LogP contribution in [0.1, 0.15) is 42.2 Å². The lowest BCUT2D eigenvalue weighted by atomic mass is 10.1. The summed E-state index contributed by atoms with van der Waals surface area (Å²) in [5.41, 5.74) is 3.56. The normalized spacial score (nSPS) is 11.8. The maximum Gasteiger partial charge on any atom is 0.278 e. The van der Waals surface area contributed by atoms with Gasteiger partial charge in [0.1, 0.15) is 17.0 Å². The Morgan fingerprint density at radius 3 is 2.48 bits per heavy atom. The molecular formula is C26H26N4O3. The molecule has 0 radical (unpaired) electrons. The first kappa shape index (κ1) is 22.2. The number of carbonyl (C=O) groups is 1. The van der Waals surface area contributed by atoms with Crippen molar-refractivity contribution in [1.29, 1.82) is 0 Å². The van der Waals surface area contributed by atoms with E-state index < -0.39 is 0 Å². The molecule has 0 aliphatic rings. The van der Waals surface area contributed by atoms with Gasteiger partial charge in [-0.05, 0) is 55.3 Å². The fourth-order valence-electron chi connectivity index (χ4n) is 3.73. The van der Waals surface area contributed by atoms with E-state index in [4.69, 9.17) is 4.74 Å². The van der Waals surface area contributed by atoms with E-state index in [1.165, 1.54) is 0 Å². The Kier molecular flexibility index (Phi) is 6.49. The quantitative estimate of drug-likeness (QED) is 0.459. The second-order valence-corrected chi connectivity index (χ2v) is 7.81. The van der Waals surface area contributed by atoms with Crippen LogP contribution < -0.4 is 15.6 Å². The number of benzene rings is 2. The molecule has 4 aromatic rings. The second-order valence-electron chi connectivity index (χ2n) is 7.81. The van der Waals surface area contributed by atoms with Crippen molar-refractivity contribution in [1.82, 2.24) is 19.9 Å². The van der Waals surface area contributed by atoms with E-state index in [0.717, 1.165) is 17.7 Å². The monoisotopic (exact) mass is 442 g/mol. The summed E-state index contributed by atoms with van der Waals surface area (Å²) in [6.45, 7) is 4.50. The number of amides is 1. The van der Waals surface area contributed by atoms with Crippen LogP contribution in [0, 0.1) is 0 Å². The molecule has 0 bridgehead atoms. The van der Waals surface area contributed by atoms with Crippen molar-refractivity contribution in [2.45, 2.75) is 32.9 Å². The van der Waals surface area contributed by atoms with Gasteiger partial charge in [0.05, 0.1) is 13.2 Å². The van der Waals surface area contributed by atoms with E-state index in [1.54, 1.807) is 48.2 Å². The van der Waals surface area contributed by atoms with Crippen molar-refractivity contribution >= 4 is 17.1 Å². The lowest BCUT2D eigenvalue weighted by Gasteiger charge is -2.15. The molecule has 0 spiro atoms. The number of nitrogens with zero attached hydrogens (tertiary/aromatic N) is 3. The fraction of sp³-hybridized carbons (Fsp3) is 0.231. The topological polar surface area (TPSA) is 86.1 Å². The molecule has 4 rings (SSSR count). The van der Waals surface area contributed by atoms with E-state index >= 15 is 0 Å². The number of rotatable bonds is 7. The predicted octanol–water partition coefficient (Wildman–Crippen LogP) is 4.37. The van der Waals surface area contributed by atoms with E-state index in [9.17, 15) is 9.59 Å². The molecule has 1 N–H and O–H groups in total. The van der Waals surface area contributed by atoms with Gasteiger partial charge >= 0.3 is 0 Å². The molecule has 2 aromatic heterocycles. The van der Waals surface area contributed by atoms with Crippen molar-refractivity contribution in [3.8, 4) is 17.0 Å². The molecule has 1 atom stereocenters. The highest BCUT2D eigenvalue weighted by Gasteiger charge is 2.15. The number of carbonyl (C=O) groups excluding carboxylic acids is 1. The summed E-state index contributed by atoms with van der Waals surface area (Å²) in [6.07, 6.45) is 2.47.